The van der Waals surface area contributed by atoms with Crippen LogP contribution in [0.1, 0.15) is 25.3 Å². The van der Waals surface area contributed by atoms with Gasteiger partial charge in [-0.15, -0.1) is 0 Å². The van der Waals surface area contributed by atoms with Crippen molar-refractivity contribution in [3.05, 3.63) is 29.8 Å². The number of aryl methyl sites for hydroxylation is 1. The van der Waals surface area contributed by atoms with Gasteiger partial charge in [0, 0.05) is 18.5 Å². The molecule has 1 aromatic heterocycles. The number of phenols is 1. The van der Waals surface area contributed by atoms with E-state index in [1.807, 2.05) is 19.1 Å². The molecule has 1 aliphatic heterocycles. The summed E-state index contributed by atoms with van der Waals surface area (Å²) in [7, 11) is 0. The van der Waals surface area contributed by atoms with Crippen molar-refractivity contribution in [1.29, 1.82) is 0 Å². The number of fused-ring (bicyclic) bond motifs is 1. The summed E-state index contributed by atoms with van der Waals surface area (Å²) in [6.45, 7) is 6.52. The molecule has 0 aliphatic carbocycles. The molecule has 2 heterocycles. The number of benzene rings is 1. The summed E-state index contributed by atoms with van der Waals surface area (Å²) in [5, 5.41) is 10.8. The number of piperidine rings is 1. The van der Waals surface area contributed by atoms with Crippen molar-refractivity contribution in [2.45, 2.75) is 26.7 Å². The Bertz CT molecular complexity index is 601. The van der Waals surface area contributed by atoms with Crippen LogP contribution in [0.2, 0.25) is 0 Å². The zero-order chi connectivity index (χ0) is 13.4. The number of hydrogen-bond donors (Lipinski definition) is 1. The Morgan fingerprint density at radius 3 is 2.74 bits per heavy atom. The molecule has 1 N–H and O–H groups in total. The fourth-order valence-corrected chi connectivity index (χ4v) is 2.85. The van der Waals surface area contributed by atoms with E-state index in [-0.39, 0.29) is 0 Å². The molecular formula is C16H20N2O. The molecule has 3 heteroatoms. The smallest absolute Gasteiger partial charge is 0.129 e. The Balaban J connectivity index is 2.02. The number of aromatic hydroxyl groups is 1. The van der Waals surface area contributed by atoms with Gasteiger partial charge in [-0.3, -0.25) is 0 Å². The third-order valence-corrected chi connectivity index (χ3v) is 4.10. The Morgan fingerprint density at radius 1 is 1.26 bits per heavy atom. The number of hydrogen-bond acceptors (Lipinski definition) is 3. The van der Waals surface area contributed by atoms with E-state index < -0.39 is 0 Å². The van der Waals surface area contributed by atoms with E-state index in [1.54, 1.807) is 6.07 Å². The van der Waals surface area contributed by atoms with E-state index in [4.69, 9.17) is 4.98 Å². The van der Waals surface area contributed by atoms with Crippen molar-refractivity contribution in [1.82, 2.24) is 4.98 Å². The number of anilines is 1. The van der Waals surface area contributed by atoms with Crippen LogP contribution in [0.3, 0.4) is 0 Å². The van der Waals surface area contributed by atoms with Crippen molar-refractivity contribution in [2.24, 2.45) is 5.92 Å². The summed E-state index contributed by atoms with van der Waals surface area (Å²) in [6.07, 6.45) is 2.47. The lowest BCUT2D eigenvalue weighted by molar-refractivity contribution is 0.437. The summed E-state index contributed by atoms with van der Waals surface area (Å²) < 4.78 is 0. The van der Waals surface area contributed by atoms with Gasteiger partial charge in [0.1, 0.15) is 11.6 Å². The molecule has 0 spiro atoms. The largest absolute Gasteiger partial charge is 0.507 e. The van der Waals surface area contributed by atoms with Gasteiger partial charge in [-0.25, -0.2) is 4.98 Å². The molecule has 2 aromatic rings. The van der Waals surface area contributed by atoms with Gasteiger partial charge in [0.2, 0.25) is 0 Å². The maximum atomic E-state index is 9.93. The Kier molecular flexibility index (Phi) is 3.05. The Hall–Kier alpha value is -1.77. The molecule has 19 heavy (non-hydrogen) atoms. The molecule has 1 fully saturated rings. The molecule has 100 valence electrons. The van der Waals surface area contributed by atoms with Crippen molar-refractivity contribution >= 4 is 16.7 Å². The first-order chi connectivity index (χ1) is 9.15. The van der Waals surface area contributed by atoms with E-state index in [9.17, 15) is 5.11 Å². The minimum absolute atomic E-state index is 0.321. The lowest BCUT2D eigenvalue weighted by Crippen LogP contribution is -2.33. The highest BCUT2D eigenvalue weighted by Gasteiger charge is 2.18. The quantitative estimate of drug-likeness (QED) is 0.848. The van der Waals surface area contributed by atoms with Gasteiger partial charge in [-0.1, -0.05) is 13.0 Å². The van der Waals surface area contributed by atoms with Crippen LogP contribution >= 0.6 is 0 Å². The number of phenolic OH excluding ortho intramolecular Hbond substituents is 1. The molecule has 0 amide bonds. The second kappa shape index (κ2) is 4.72. The van der Waals surface area contributed by atoms with Crippen LogP contribution in [0.5, 0.6) is 5.75 Å². The molecule has 1 saturated heterocycles. The molecule has 1 aliphatic rings. The molecule has 0 radical (unpaired) electrons. The van der Waals surface area contributed by atoms with Gasteiger partial charge in [-0.05, 0) is 49.4 Å². The second-order valence-corrected chi connectivity index (χ2v) is 5.64. The highest BCUT2D eigenvalue weighted by molar-refractivity contribution is 5.89. The number of rotatable bonds is 1. The molecule has 0 unspecified atom stereocenters. The normalized spacial score (nSPS) is 17.1. The van der Waals surface area contributed by atoms with Crippen LogP contribution in [0.15, 0.2) is 24.3 Å². The van der Waals surface area contributed by atoms with Crippen LogP contribution < -0.4 is 4.90 Å². The van der Waals surface area contributed by atoms with Crippen molar-refractivity contribution in [3.63, 3.8) is 0 Å². The summed E-state index contributed by atoms with van der Waals surface area (Å²) in [4.78, 5) is 7.07. The average molecular weight is 256 g/mol. The van der Waals surface area contributed by atoms with E-state index >= 15 is 0 Å². The maximum Gasteiger partial charge on any atom is 0.129 e. The maximum absolute atomic E-state index is 9.93. The van der Waals surface area contributed by atoms with Crippen LogP contribution in [0.25, 0.3) is 10.9 Å². The first-order valence-electron chi connectivity index (χ1n) is 6.99. The first-order valence-corrected chi connectivity index (χ1v) is 6.99. The fraction of sp³-hybridized carbons (Fsp3) is 0.438. The third-order valence-electron chi connectivity index (χ3n) is 4.10. The molecule has 0 atom stereocenters. The summed E-state index contributed by atoms with van der Waals surface area (Å²) in [5.74, 6) is 2.19. The lowest BCUT2D eigenvalue weighted by atomic mass is 9.99. The van der Waals surface area contributed by atoms with E-state index in [0.717, 1.165) is 41.3 Å². The summed E-state index contributed by atoms with van der Waals surface area (Å²) in [5.41, 5.74) is 1.98. The summed E-state index contributed by atoms with van der Waals surface area (Å²) >= 11 is 0. The number of aromatic nitrogens is 1. The molecule has 1 aromatic carbocycles. The van der Waals surface area contributed by atoms with E-state index in [1.165, 1.54) is 12.8 Å². The molecule has 3 nitrogen and oxygen atoms in total. The fourth-order valence-electron chi connectivity index (χ4n) is 2.85. The van der Waals surface area contributed by atoms with Gasteiger partial charge < -0.3 is 10.0 Å². The molecule has 0 saturated carbocycles. The highest BCUT2D eigenvalue weighted by Crippen LogP contribution is 2.30. The zero-order valence-electron chi connectivity index (χ0n) is 11.6. The van der Waals surface area contributed by atoms with Crippen LogP contribution in [0, 0.1) is 12.8 Å². The van der Waals surface area contributed by atoms with Gasteiger partial charge in [0.15, 0.2) is 0 Å². The number of pyridine rings is 1. The first kappa shape index (κ1) is 12.3. The van der Waals surface area contributed by atoms with Crippen molar-refractivity contribution in [2.75, 3.05) is 18.0 Å². The third kappa shape index (κ3) is 2.25. The molecule has 0 bridgehead atoms. The lowest BCUT2D eigenvalue weighted by Gasteiger charge is -2.31. The van der Waals surface area contributed by atoms with Gasteiger partial charge in [0.25, 0.3) is 0 Å². The topological polar surface area (TPSA) is 36.4 Å². The second-order valence-electron chi connectivity index (χ2n) is 5.64. The predicted octanol–water partition coefficient (Wildman–Crippen LogP) is 3.49. The minimum Gasteiger partial charge on any atom is -0.507 e. The SMILES string of the molecule is Cc1cc(N2CCC(C)CC2)nc2cccc(O)c12. The zero-order valence-corrected chi connectivity index (χ0v) is 11.6. The standard InChI is InChI=1S/C16H20N2O/c1-11-6-8-18(9-7-11)15-10-12(2)16-13(17-15)4-3-5-14(16)19/h3-5,10-11,19H,6-9H2,1-2H3. The van der Waals surface area contributed by atoms with Gasteiger partial charge in [-0.2, -0.15) is 0 Å². The van der Waals surface area contributed by atoms with Crippen LogP contribution in [-0.2, 0) is 0 Å². The van der Waals surface area contributed by atoms with Crippen LogP contribution in [-0.4, -0.2) is 23.2 Å². The average Bonchev–Trinajstić information content (AvgIpc) is 2.39. The molecular weight excluding hydrogens is 236 g/mol. The minimum atomic E-state index is 0.321. The van der Waals surface area contributed by atoms with E-state index in [0.29, 0.717) is 5.75 Å². The monoisotopic (exact) mass is 256 g/mol. The predicted molar refractivity (Wildman–Crippen MR) is 78.8 cm³/mol. The van der Waals surface area contributed by atoms with Crippen molar-refractivity contribution < 1.29 is 5.11 Å². The molecule has 3 rings (SSSR count). The Morgan fingerprint density at radius 2 is 2.00 bits per heavy atom. The van der Waals surface area contributed by atoms with E-state index in [2.05, 4.69) is 17.9 Å². The highest BCUT2D eigenvalue weighted by atomic mass is 16.3. The summed E-state index contributed by atoms with van der Waals surface area (Å²) in [6, 6.07) is 7.64. The van der Waals surface area contributed by atoms with Crippen LogP contribution in [0.4, 0.5) is 5.82 Å². The van der Waals surface area contributed by atoms with Gasteiger partial charge in [0.05, 0.1) is 5.52 Å². The number of nitrogens with zero attached hydrogens (tertiary/aromatic N) is 2. The Labute approximate surface area is 113 Å². The van der Waals surface area contributed by atoms with Gasteiger partial charge >= 0.3 is 0 Å². The van der Waals surface area contributed by atoms with Crippen molar-refractivity contribution in [3.8, 4) is 5.75 Å².